The third kappa shape index (κ3) is 3.48. The molecule has 134 valence electrons. The van der Waals surface area contributed by atoms with Crippen molar-refractivity contribution in [3.8, 4) is 5.69 Å². The quantitative estimate of drug-likeness (QED) is 0.528. The third-order valence-corrected chi connectivity index (χ3v) is 5.33. The van der Waals surface area contributed by atoms with Crippen LogP contribution < -0.4 is 4.72 Å². The molecule has 2 aromatic carbocycles. The van der Waals surface area contributed by atoms with Crippen LogP contribution in [0.25, 0.3) is 5.69 Å². The number of benzene rings is 2. The van der Waals surface area contributed by atoms with Gasteiger partial charge in [0.05, 0.1) is 10.6 Å². The second kappa shape index (κ2) is 7.06. The predicted molar refractivity (Wildman–Crippen MR) is 95.4 cm³/mol. The van der Waals surface area contributed by atoms with Gasteiger partial charge in [-0.25, -0.2) is 18.1 Å². The van der Waals surface area contributed by atoms with E-state index in [0.717, 1.165) is 23.1 Å². The van der Waals surface area contributed by atoms with E-state index >= 15 is 0 Å². The van der Waals surface area contributed by atoms with Crippen molar-refractivity contribution in [3.63, 3.8) is 0 Å². The summed E-state index contributed by atoms with van der Waals surface area (Å²) in [6, 6.07) is 12.5. The average Bonchev–Trinajstić information content (AvgIpc) is 3.06. The number of rotatable bonds is 6. The van der Waals surface area contributed by atoms with Crippen molar-refractivity contribution in [1.29, 1.82) is 0 Å². The van der Waals surface area contributed by atoms with Gasteiger partial charge in [0.2, 0.25) is 10.0 Å². The highest BCUT2D eigenvalue weighted by molar-refractivity contribution is 7.89. The molecule has 0 saturated heterocycles. The molecule has 0 saturated carbocycles. The van der Waals surface area contributed by atoms with Crippen molar-refractivity contribution >= 4 is 15.7 Å². The van der Waals surface area contributed by atoms with Gasteiger partial charge in [0, 0.05) is 25.0 Å². The number of aryl methyl sites for hydroxylation is 1. The Kier molecular flexibility index (Phi) is 4.83. The van der Waals surface area contributed by atoms with Gasteiger partial charge in [-0.2, -0.15) is 0 Å². The summed E-state index contributed by atoms with van der Waals surface area (Å²) in [6.07, 6.45) is 3.44. The number of aromatic nitrogens is 2. The molecule has 3 rings (SSSR count). The maximum absolute atomic E-state index is 12.6. The molecule has 0 spiro atoms. The van der Waals surface area contributed by atoms with E-state index in [-0.39, 0.29) is 11.4 Å². The summed E-state index contributed by atoms with van der Waals surface area (Å²) in [5.74, 6) is 0.763. The second-order valence-corrected chi connectivity index (χ2v) is 7.26. The summed E-state index contributed by atoms with van der Waals surface area (Å²) in [5, 5.41) is 11.1. The zero-order valence-electron chi connectivity index (χ0n) is 13.9. The molecule has 0 atom stereocenters. The van der Waals surface area contributed by atoms with Gasteiger partial charge in [-0.05, 0) is 24.6 Å². The van der Waals surface area contributed by atoms with Crippen LogP contribution in [0.4, 0.5) is 5.69 Å². The second-order valence-electron chi connectivity index (χ2n) is 5.52. The van der Waals surface area contributed by atoms with Gasteiger partial charge in [0.1, 0.15) is 5.82 Å². The van der Waals surface area contributed by atoms with E-state index in [0.29, 0.717) is 0 Å². The summed E-state index contributed by atoms with van der Waals surface area (Å²) in [6.45, 7) is 1.83. The SMILES string of the molecule is Cc1nccn1-c1ccccc1CNS(=O)(=O)c1ccccc1[N+](=O)[O-]. The van der Waals surface area contributed by atoms with Crippen LogP contribution >= 0.6 is 0 Å². The molecule has 3 aromatic rings. The van der Waals surface area contributed by atoms with E-state index in [4.69, 9.17) is 0 Å². The summed E-state index contributed by atoms with van der Waals surface area (Å²) in [5.41, 5.74) is 1.04. The molecular formula is C17H16N4O4S. The third-order valence-electron chi connectivity index (χ3n) is 3.88. The first-order chi connectivity index (χ1) is 12.4. The number of hydrogen-bond donors (Lipinski definition) is 1. The number of nitrogens with one attached hydrogen (secondary N) is 1. The van der Waals surface area contributed by atoms with Crippen molar-refractivity contribution in [2.45, 2.75) is 18.4 Å². The molecule has 0 bridgehead atoms. The van der Waals surface area contributed by atoms with Crippen molar-refractivity contribution < 1.29 is 13.3 Å². The Bertz CT molecular complexity index is 1060. The van der Waals surface area contributed by atoms with Gasteiger partial charge >= 0.3 is 0 Å². The van der Waals surface area contributed by atoms with E-state index in [9.17, 15) is 18.5 Å². The van der Waals surface area contributed by atoms with E-state index < -0.39 is 20.6 Å². The summed E-state index contributed by atoms with van der Waals surface area (Å²) in [4.78, 5) is 14.2. The topological polar surface area (TPSA) is 107 Å². The zero-order valence-corrected chi connectivity index (χ0v) is 14.7. The van der Waals surface area contributed by atoms with Gasteiger partial charge in [-0.1, -0.05) is 30.3 Å². The fourth-order valence-electron chi connectivity index (χ4n) is 2.61. The average molecular weight is 372 g/mol. The van der Waals surface area contributed by atoms with Gasteiger partial charge < -0.3 is 4.57 Å². The Hall–Kier alpha value is -3.04. The molecule has 0 amide bonds. The first kappa shape index (κ1) is 17.8. The maximum atomic E-state index is 12.6. The van der Waals surface area contributed by atoms with Crippen LogP contribution in [0, 0.1) is 17.0 Å². The molecule has 26 heavy (non-hydrogen) atoms. The molecule has 0 aliphatic rings. The van der Waals surface area contributed by atoms with Crippen LogP contribution in [-0.2, 0) is 16.6 Å². The summed E-state index contributed by atoms with van der Waals surface area (Å²) < 4.78 is 29.4. The normalized spacial score (nSPS) is 11.4. The predicted octanol–water partition coefficient (Wildman–Crippen LogP) is 2.57. The van der Waals surface area contributed by atoms with E-state index in [1.165, 1.54) is 18.2 Å². The molecule has 1 heterocycles. The van der Waals surface area contributed by atoms with E-state index in [2.05, 4.69) is 9.71 Å². The number of nitrogens with zero attached hydrogens (tertiary/aromatic N) is 3. The monoisotopic (exact) mass is 372 g/mol. The van der Waals surface area contributed by atoms with Gasteiger partial charge in [0.15, 0.2) is 4.90 Å². The first-order valence-electron chi connectivity index (χ1n) is 7.71. The lowest BCUT2D eigenvalue weighted by atomic mass is 10.2. The molecule has 9 heteroatoms. The Morgan fingerprint density at radius 2 is 1.85 bits per heavy atom. The molecule has 0 unspecified atom stereocenters. The van der Waals surface area contributed by atoms with Gasteiger partial charge in [-0.15, -0.1) is 0 Å². The molecule has 1 aromatic heterocycles. The van der Waals surface area contributed by atoms with Crippen LogP contribution in [0.3, 0.4) is 0 Å². The van der Waals surface area contributed by atoms with Gasteiger partial charge in [0.25, 0.3) is 5.69 Å². The van der Waals surface area contributed by atoms with Crippen molar-refractivity contribution in [2.75, 3.05) is 0 Å². The van der Waals surface area contributed by atoms with Crippen molar-refractivity contribution in [1.82, 2.24) is 14.3 Å². The van der Waals surface area contributed by atoms with Crippen LogP contribution in [-0.4, -0.2) is 22.9 Å². The number of imidazole rings is 1. The fourth-order valence-corrected chi connectivity index (χ4v) is 3.79. The smallest absolute Gasteiger partial charge is 0.289 e. The van der Waals surface area contributed by atoms with Crippen LogP contribution in [0.15, 0.2) is 65.8 Å². The van der Waals surface area contributed by atoms with Crippen LogP contribution in [0.1, 0.15) is 11.4 Å². The molecule has 1 N–H and O–H groups in total. The van der Waals surface area contributed by atoms with Crippen LogP contribution in [0.5, 0.6) is 0 Å². The Morgan fingerprint density at radius 1 is 1.15 bits per heavy atom. The summed E-state index contributed by atoms with van der Waals surface area (Å²) >= 11 is 0. The van der Waals surface area contributed by atoms with Crippen molar-refractivity contribution in [3.05, 3.63) is 82.4 Å². The molecule has 0 fully saturated rings. The lowest BCUT2D eigenvalue weighted by molar-refractivity contribution is -0.387. The Balaban J connectivity index is 1.91. The molecule has 0 aliphatic heterocycles. The lowest BCUT2D eigenvalue weighted by Gasteiger charge is -2.13. The van der Waals surface area contributed by atoms with Crippen molar-refractivity contribution in [2.24, 2.45) is 0 Å². The highest BCUT2D eigenvalue weighted by Crippen LogP contribution is 2.23. The number of hydrogen-bond acceptors (Lipinski definition) is 5. The minimum absolute atomic E-state index is 0.0117. The standard InChI is InChI=1S/C17H16N4O4S/c1-13-18-10-11-20(13)15-7-3-2-6-14(15)12-19-26(24,25)17-9-5-4-8-16(17)21(22)23/h2-11,19H,12H2,1H3. The summed E-state index contributed by atoms with van der Waals surface area (Å²) in [7, 11) is -4.05. The number of nitro groups is 1. The highest BCUT2D eigenvalue weighted by Gasteiger charge is 2.25. The lowest BCUT2D eigenvalue weighted by Crippen LogP contribution is -2.24. The fraction of sp³-hybridized carbons (Fsp3) is 0.118. The molecular weight excluding hydrogens is 356 g/mol. The number of sulfonamides is 1. The van der Waals surface area contributed by atoms with Gasteiger partial charge in [-0.3, -0.25) is 10.1 Å². The first-order valence-corrected chi connectivity index (χ1v) is 9.20. The molecule has 0 radical (unpaired) electrons. The Morgan fingerprint density at radius 3 is 2.54 bits per heavy atom. The Labute approximate surface area is 150 Å². The number of para-hydroxylation sites is 2. The largest absolute Gasteiger partial charge is 0.304 e. The zero-order chi connectivity index (χ0) is 18.7. The van der Waals surface area contributed by atoms with E-state index in [1.54, 1.807) is 24.5 Å². The number of nitro benzene ring substituents is 1. The minimum Gasteiger partial charge on any atom is -0.304 e. The molecule has 0 aliphatic carbocycles. The molecule has 8 nitrogen and oxygen atoms in total. The van der Waals surface area contributed by atoms with Crippen LogP contribution in [0.2, 0.25) is 0 Å². The minimum atomic E-state index is -4.05. The highest BCUT2D eigenvalue weighted by atomic mass is 32.2. The maximum Gasteiger partial charge on any atom is 0.289 e. The van der Waals surface area contributed by atoms with E-state index in [1.807, 2.05) is 23.6 Å².